The second-order valence-electron chi connectivity index (χ2n) is 3.34. The standard InChI is InChI=1S/C10H17AsN2O5/c1-8(2)9(15)12-5-3-4-11-13(10(16)17)18-7-6-14/h6,11H,1,3-5,7H2,2H3,(H,12,15)(H,16,17). The van der Waals surface area contributed by atoms with E-state index in [0.29, 0.717) is 30.0 Å². The van der Waals surface area contributed by atoms with Gasteiger partial charge in [-0.05, 0) is 0 Å². The Morgan fingerprint density at radius 2 is 2.22 bits per heavy atom. The Balaban J connectivity index is 3.73. The Hall–Kier alpha value is -1.33. The topological polar surface area (TPSA) is 95.9 Å². The molecule has 8 heteroatoms. The van der Waals surface area contributed by atoms with Crippen LogP contribution in [-0.4, -0.2) is 56.5 Å². The Kier molecular flexibility index (Phi) is 8.96. The van der Waals surface area contributed by atoms with Crippen LogP contribution >= 0.6 is 0 Å². The Morgan fingerprint density at radius 1 is 1.56 bits per heavy atom. The van der Waals surface area contributed by atoms with Crippen LogP contribution in [0.5, 0.6) is 0 Å². The molecule has 2 N–H and O–H groups in total. The first-order valence-corrected chi connectivity index (χ1v) is 7.68. The van der Waals surface area contributed by atoms with Gasteiger partial charge in [-0.1, -0.05) is 0 Å². The number of carbonyl (C=O) groups is 3. The number of carboxylic acid groups (broad SMARTS) is 1. The first-order valence-electron chi connectivity index (χ1n) is 5.25. The zero-order valence-electron chi connectivity index (χ0n) is 10.1. The number of rotatable bonds is 9. The van der Waals surface area contributed by atoms with Crippen molar-refractivity contribution in [2.45, 2.75) is 18.6 Å². The molecule has 0 aromatic rings. The SMILES string of the molecule is C=C(C)C(=O)NCCC[AsH]N(OCC=O)C(=O)O. The van der Waals surface area contributed by atoms with Crippen molar-refractivity contribution in [3.8, 4) is 0 Å². The van der Waals surface area contributed by atoms with Gasteiger partial charge in [-0.2, -0.15) is 0 Å². The van der Waals surface area contributed by atoms with Gasteiger partial charge in [0.2, 0.25) is 0 Å². The van der Waals surface area contributed by atoms with E-state index in [1.165, 1.54) is 0 Å². The minimum absolute atomic E-state index is 0.206. The van der Waals surface area contributed by atoms with Crippen LogP contribution in [0.3, 0.4) is 0 Å². The van der Waals surface area contributed by atoms with E-state index in [1.54, 1.807) is 6.92 Å². The van der Waals surface area contributed by atoms with Crippen molar-refractivity contribution in [3.05, 3.63) is 12.2 Å². The third-order valence-electron chi connectivity index (χ3n) is 1.73. The summed E-state index contributed by atoms with van der Waals surface area (Å²) >= 11 is -1.00. The van der Waals surface area contributed by atoms with Gasteiger partial charge in [0.25, 0.3) is 0 Å². The molecule has 0 aliphatic carbocycles. The van der Waals surface area contributed by atoms with Crippen LogP contribution in [0.2, 0.25) is 5.21 Å². The van der Waals surface area contributed by atoms with E-state index >= 15 is 0 Å². The van der Waals surface area contributed by atoms with Gasteiger partial charge in [-0.15, -0.1) is 0 Å². The number of aldehydes is 1. The molecule has 1 unspecified atom stereocenters. The number of carbonyl (C=O) groups excluding carboxylic acids is 2. The molecule has 0 aromatic carbocycles. The third-order valence-corrected chi connectivity index (χ3v) is 4.21. The molecule has 7 nitrogen and oxygen atoms in total. The molecule has 102 valence electrons. The maximum atomic E-state index is 11.1. The molecule has 0 rings (SSSR count). The first-order chi connectivity index (χ1) is 8.49. The van der Waals surface area contributed by atoms with E-state index in [9.17, 15) is 14.4 Å². The molecule has 0 aromatic heterocycles. The summed E-state index contributed by atoms with van der Waals surface area (Å²) in [5.74, 6) is -0.206. The summed E-state index contributed by atoms with van der Waals surface area (Å²) in [6.45, 7) is 5.32. The second-order valence-corrected chi connectivity index (χ2v) is 5.90. The number of nitrogens with zero attached hydrogens (tertiary/aromatic N) is 1. The van der Waals surface area contributed by atoms with Crippen LogP contribution in [0.1, 0.15) is 13.3 Å². The van der Waals surface area contributed by atoms with Crippen molar-refractivity contribution in [2.75, 3.05) is 13.2 Å². The Labute approximate surface area is 112 Å². The van der Waals surface area contributed by atoms with Gasteiger partial charge in [0.15, 0.2) is 0 Å². The van der Waals surface area contributed by atoms with Crippen LogP contribution in [0.4, 0.5) is 4.79 Å². The van der Waals surface area contributed by atoms with Gasteiger partial charge in [0.1, 0.15) is 0 Å². The van der Waals surface area contributed by atoms with E-state index in [-0.39, 0.29) is 12.5 Å². The van der Waals surface area contributed by atoms with Gasteiger partial charge in [-0.3, -0.25) is 0 Å². The average molecular weight is 320 g/mol. The summed E-state index contributed by atoms with van der Waals surface area (Å²) in [4.78, 5) is 36.6. The number of hydrogen-bond acceptors (Lipinski definition) is 4. The predicted octanol–water partition coefficient (Wildman–Crippen LogP) is -0.0509. The van der Waals surface area contributed by atoms with Gasteiger partial charge < -0.3 is 0 Å². The fraction of sp³-hybridized carbons (Fsp3) is 0.500. The van der Waals surface area contributed by atoms with Gasteiger partial charge in [0.05, 0.1) is 0 Å². The zero-order valence-corrected chi connectivity index (χ0v) is 12.2. The number of nitrogens with one attached hydrogen (secondary N) is 1. The summed E-state index contributed by atoms with van der Waals surface area (Å²) in [5, 5.41) is 12.0. The fourth-order valence-electron chi connectivity index (χ4n) is 0.895. The third kappa shape index (κ3) is 7.86. The van der Waals surface area contributed by atoms with Crippen molar-refractivity contribution in [1.82, 2.24) is 9.30 Å². The van der Waals surface area contributed by atoms with Crippen molar-refractivity contribution in [1.29, 1.82) is 0 Å². The second kappa shape index (κ2) is 9.67. The Bertz CT molecular complexity index is 321. The molecule has 1 atom stereocenters. The van der Waals surface area contributed by atoms with Gasteiger partial charge in [0, 0.05) is 0 Å². The summed E-state index contributed by atoms with van der Waals surface area (Å²) in [5.41, 5.74) is 0.437. The van der Waals surface area contributed by atoms with E-state index in [1.807, 2.05) is 0 Å². The van der Waals surface area contributed by atoms with Crippen molar-refractivity contribution >= 4 is 34.3 Å². The summed E-state index contributed by atoms with van der Waals surface area (Å²) in [6, 6.07) is 0. The number of amides is 2. The van der Waals surface area contributed by atoms with Crippen LogP contribution < -0.4 is 5.32 Å². The monoisotopic (exact) mass is 320 g/mol. The minimum atomic E-state index is -1.19. The number of hydrogen-bond donors (Lipinski definition) is 2. The summed E-state index contributed by atoms with van der Waals surface area (Å²) in [6.07, 6.45) is -0.0366. The quantitative estimate of drug-likeness (QED) is 0.204. The van der Waals surface area contributed by atoms with Crippen molar-refractivity contribution < 1.29 is 24.3 Å². The molecule has 0 heterocycles. The molecule has 0 aliphatic rings. The molecular formula is C10H17AsN2O5. The van der Waals surface area contributed by atoms with Gasteiger partial charge >= 0.3 is 112 Å². The first kappa shape index (κ1) is 16.7. The normalized spacial score (nSPS) is 10.3. The molecular weight excluding hydrogens is 303 g/mol. The Morgan fingerprint density at radius 3 is 2.72 bits per heavy atom. The summed E-state index contributed by atoms with van der Waals surface area (Å²) < 4.78 is 0.828. The van der Waals surface area contributed by atoms with Crippen LogP contribution in [-0.2, 0) is 14.4 Å². The average Bonchev–Trinajstić information content (AvgIpc) is 2.31. The molecule has 0 fully saturated rings. The van der Waals surface area contributed by atoms with E-state index < -0.39 is 22.1 Å². The van der Waals surface area contributed by atoms with E-state index in [2.05, 4.69) is 11.9 Å². The predicted molar refractivity (Wildman–Crippen MR) is 66.3 cm³/mol. The maximum absolute atomic E-state index is 11.1. The van der Waals surface area contributed by atoms with Crippen LogP contribution in [0, 0.1) is 0 Å². The van der Waals surface area contributed by atoms with Crippen molar-refractivity contribution in [2.24, 2.45) is 0 Å². The number of hydroxylamine groups is 1. The van der Waals surface area contributed by atoms with E-state index in [4.69, 9.17) is 9.94 Å². The molecule has 0 radical (unpaired) electrons. The molecule has 0 spiro atoms. The van der Waals surface area contributed by atoms with E-state index in [0.717, 1.165) is 3.98 Å². The van der Waals surface area contributed by atoms with Crippen LogP contribution in [0.15, 0.2) is 12.2 Å². The molecule has 0 bridgehead atoms. The fourth-order valence-corrected chi connectivity index (χ4v) is 2.66. The molecule has 0 aliphatic heterocycles. The van der Waals surface area contributed by atoms with Gasteiger partial charge in [-0.25, -0.2) is 0 Å². The molecule has 18 heavy (non-hydrogen) atoms. The van der Waals surface area contributed by atoms with Crippen molar-refractivity contribution in [3.63, 3.8) is 0 Å². The molecule has 0 saturated carbocycles. The van der Waals surface area contributed by atoms with Crippen LogP contribution in [0.25, 0.3) is 0 Å². The molecule has 0 saturated heterocycles. The molecule has 2 amide bonds. The summed E-state index contributed by atoms with van der Waals surface area (Å²) in [7, 11) is 0. The zero-order chi connectivity index (χ0) is 14.0.